The number of carbonyl (C=O) groups excluding carboxylic acids is 2. The fourth-order valence-electron chi connectivity index (χ4n) is 2.89. The molecule has 3 N–H and O–H groups in total. The van der Waals surface area contributed by atoms with Crippen LogP contribution in [0.15, 0.2) is 29.3 Å². The van der Waals surface area contributed by atoms with Gasteiger partial charge in [-0.2, -0.15) is 0 Å². The smallest absolute Gasteiger partial charge is 0.324 e. The quantitative estimate of drug-likeness (QED) is 0.207. The van der Waals surface area contributed by atoms with Crippen molar-refractivity contribution in [1.82, 2.24) is 20.9 Å². The Kier molecular flexibility index (Phi) is 10.6. The number of anilines is 1. The molecule has 0 atom stereocenters. The molecule has 0 bridgehead atoms. The van der Waals surface area contributed by atoms with Crippen molar-refractivity contribution in [3.05, 3.63) is 29.8 Å². The number of hydrogen-bond acceptors (Lipinski definition) is 4. The average molecular weight is 502 g/mol. The number of hydrogen-bond donors (Lipinski definition) is 3. The summed E-state index contributed by atoms with van der Waals surface area (Å²) >= 11 is 0. The minimum Gasteiger partial charge on any atom is -0.370 e. The lowest BCUT2D eigenvalue weighted by Crippen LogP contribution is -2.43. The zero-order valence-electron chi connectivity index (χ0n) is 16.8. The molecule has 0 saturated carbocycles. The zero-order chi connectivity index (χ0) is 19.6. The van der Waals surface area contributed by atoms with Crippen LogP contribution >= 0.6 is 24.0 Å². The number of aryl methyl sites for hydroxylation is 1. The monoisotopic (exact) mass is 502 g/mol. The SMILES string of the molecule is CCNC(=NCCN(CC)c1cccc(C)c1)NCCN1C(=O)CNC1=O.I. The Labute approximate surface area is 184 Å². The molecule has 0 aliphatic carbocycles. The largest absolute Gasteiger partial charge is 0.370 e. The molecule has 1 aromatic carbocycles. The van der Waals surface area contributed by atoms with Gasteiger partial charge in [-0.15, -0.1) is 24.0 Å². The van der Waals surface area contributed by atoms with Gasteiger partial charge in [0.25, 0.3) is 0 Å². The van der Waals surface area contributed by atoms with Crippen molar-refractivity contribution in [3.63, 3.8) is 0 Å². The van der Waals surface area contributed by atoms with Crippen LogP contribution in [0.2, 0.25) is 0 Å². The summed E-state index contributed by atoms with van der Waals surface area (Å²) in [5, 5.41) is 8.88. The summed E-state index contributed by atoms with van der Waals surface area (Å²) < 4.78 is 0. The van der Waals surface area contributed by atoms with Crippen LogP contribution in [0.4, 0.5) is 10.5 Å². The second-order valence-electron chi connectivity index (χ2n) is 6.31. The van der Waals surface area contributed by atoms with Crippen LogP contribution in [-0.4, -0.2) is 68.6 Å². The molecular formula is C19H31IN6O2. The molecule has 1 heterocycles. The van der Waals surface area contributed by atoms with E-state index in [0.29, 0.717) is 25.6 Å². The summed E-state index contributed by atoms with van der Waals surface area (Å²) in [6.45, 7) is 10.2. The highest BCUT2D eigenvalue weighted by atomic mass is 127. The summed E-state index contributed by atoms with van der Waals surface area (Å²) in [6, 6.07) is 8.11. The summed E-state index contributed by atoms with van der Waals surface area (Å²) in [5.74, 6) is 0.491. The Morgan fingerprint density at radius 3 is 2.68 bits per heavy atom. The van der Waals surface area contributed by atoms with Gasteiger partial charge in [0.15, 0.2) is 5.96 Å². The lowest BCUT2D eigenvalue weighted by molar-refractivity contribution is -0.124. The Balaban J connectivity index is 0.00000392. The van der Waals surface area contributed by atoms with E-state index in [1.807, 2.05) is 6.92 Å². The number of rotatable bonds is 9. The van der Waals surface area contributed by atoms with E-state index in [9.17, 15) is 9.59 Å². The summed E-state index contributed by atoms with van der Waals surface area (Å²) in [5.41, 5.74) is 2.44. The number of halogens is 1. The average Bonchev–Trinajstić information content (AvgIpc) is 2.97. The fraction of sp³-hybridized carbons (Fsp3) is 0.526. The number of nitrogens with one attached hydrogen (secondary N) is 3. The molecule has 1 aromatic rings. The van der Waals surface area contributed by atoms with E-state index >= 15 is 0 Å². The van der Waals surface area contributed by atoms with Crippen LogP contribution in [0.3, 0.4) is 0 Å². The topological polar surface area (TPSA) is 89.1 Å². The van der Waals surface area contributed by atoms with E-state index in [4.69, 9.17) is 0 Å². The van der Waals surface area contributed by atoms with Crippen molar-refractivity contribution < 1.29 is 9.59 Å². The predicted octanol–water partition coefficient (Wildman–Crippen LogP) is 1.55. The van der Waals surface area contributed by atoms with Gasteiger partial charge in [0.1, 0.15) is 0 Å². The third kappa shape index (κ3) is 7.17. The van der Waals surface area contributed by atoms with Crippen molar-refractivity contribution >= 4 is 47.6 Å². The van der Waals surface area contributed by atoms with Gasteiger partial charge in [0.2, 0.25) is 5.91 Å². The molecule has 9 heteroatoms. The third-order valence-corrected chi connectivity index (χ3v) is 4.30. The molecule has 1 saturated heterocycles. The Morgan fingerprint density at radius 2 is 2.07 bits per heavy atom. The van der Waals surface area contributed by atoms with Crippen LogP contribution < -0.4 is 20.9 Å². The van der Waals surface area contributed by atoms with Gasteiger partial charge in [0.05, 0.1) is 13.1 Å². The number of likely N-dealkylation sites (N-methyl/N-ethyl adjacent to an activating group) is 1. The van der Waals surface area contributed by atoms with Crippen molar-refractivity contribution in [2.75, 3.05) is 50.7 Å². The van der Waals surface area contributed by atoms with E-state index in [0.717, 1.165) is 19.6 Å². The highest BCUT2D eigenvalue weighted by molar-refractivity contribution is 14.0. The first-order valence-corrected chi connectivity index (χ1v) is 9.47. The number of benzene rings is 1. The van der Waals surface area contributed by atoms with Gasteiger partial charge in [-0.05, 0) is 38.5 Å². The molecule has 1 fully saturated rings. The Hall–Kier alpha value is -2.04. The van der Waals surface area contributed by atoms with Crippen LogP contribution in [0, 0.1) is 6.92 Å². The number of guanidine groups is 1. The highest BCUT2D eigenvalue weighted by Gasteiger charge is 2.27. The molecule has 8 nitrogen and oxygen atoms in total. The summed E-state index contributed by atoms with van der Waals surface area (Å²) in [7, 11) is 0. The Morgan fingerprint density at radius 1 is 1.29 bits per heavy atom. The van der Waals surface area contributed by atoms with E-state index in [1.165, 1.54) is 16.2 Å². The van der Waals surface area contributed by atoms with E-state index in [2.05, 4.69) is 64.0 Å². The van der Waals surface area contributed by atoms with Gasteiger partial charge >= 0.3 is 6.03 Å². The zero-order valence-corrected chi connectivity index (χ0v) is 19.2. The van der Waals surface area contributed by atoms with Gasteiger partial charge in [-0.25, -0.2) is 4.79 Å². The molecule has 1 aliphatic rings. The maximum atomic E-state index is 11.6. The normalized spacial score (nSPS) is 13.8. The van der Waals surface area contributed by atoms with Crippen molar-refractivity contribution in [1.29, 1.82) is 0 Å². The first kappa shape index (κ1) is 24.0. The van der Waals surface area contributed by atoms with Crippen LogP contribution in [0.5, 0.6) is 0 Å². The molecule has 0 unspecified atom stereocenters. The molecule has 28 heavy (non-hydrogen) atoms. The Bertz CT molecular complexity index is 666. The minimum atomic E-state index is -0.333. The van der Waals surface area contributed by atoms with Crippen molar-refractivity contribution in [2.45, 2.75) is 20.8 Å². The fourth-order valence-corrected chi connectivity index (χ4v) is 2.89. The molecule has 2 rings (SSSR count). The van der Waals surface area contributed by atoms with Crippen molar-refractivity contribution in [3.8, 4) is 0 Å². The van der Waals surface area contributed by atoms with Crippen LogP contribution in [0.25, 0.3) is 0 Å². The third-order valence-electron chi connectivity index (χ3n) is 4.30. The molecule has 0 spiro atoms. The number of imide groups is 1. The molecular weight excluding hydrogens is 471 g/mol. The predicted molar refractivity (Wildman–Crippen MR) is 124 cm³/mol. The standard InChI is InChI=1S/C19H30N6O2.HI/c1-4-20-18(22-10-12-25-17(26)14-23-19(25)27)21-9-11-24(5-2)16-8-6-7-15(3)13-16;/h6-8,13H,4-5,9-12,14H2,1-3H3,(H,23,27)(H2,20,21,22);1H. The van der Waals surface area contributed by atoms with E-state index in [-0.39, 0.29) is 42.5 Å². The van der Waals surface area contributed by atoms with Gasteiger partial charge in [-0.1, -0.05) is 12.1 Å². The molecule has 1 aliphatic heterocycles. The lowest BCUT2D eigenvalue weighted by atomic mass is 10.2. The second kappa shape index (κ2) is 12.4. The maximum absolute atomic E-state index is 11.6. The first-order valence-electron chi connectivity index (χ1n) is 9.47. The van der Waals surface area contributed by atoms with Crippen LogP contribution in [-0.2, 0) is 4.79 Å². The number of carbonyl (C=O) groups is 2. The van der Waals surface area contributed by atoms with Gasteiger partial charge < -0.3 is 20.9 Å². The summed E-state index contributed by atoms with van der Waals surface area (Å²) in [6.07, 6.45) is 0. The molecule has 0 radical (unpaired) electrons. The summed E-state index contributed by atoms with van der Waals surface area (Å²) in [4.78, 5) is 31.2. The van der Waals surface area contributed by atoms with E-state index in [1.54, 1.807) is 0 Å². The highest BCUT2D eigenvalue weighted by Crippen LogP contribution is 2.15. The van der Waals surface area contributed by atoms with Crippen LogP contribution in [0.1, 0.15) is 19.4 Å². The molecule has 156 valence electrons. The minimum absolute atomic E-state index is 0. The lowest BCUT2D eigenvalue weighted by Gasteiger charge is -2.23. The number of aliphatic imine (C=N–C) groups is 1. The number of nitrogens with zero attached hydrogens (tertiary/aromatic N) is 3. The number of urea groups is 1. The van der Waals surface area contributed by atoms with E-state index < -0.39 is 0 Å². The maximum Gasteiger partial charge on any atom is 0.324 e. The first-order chi connectivity index (χ1) is 13.0. The second-order valence-corrected chi connectivity index (χ2v) is 6.31. The van der Waals surface area contributed by atoms with Crippen molar-refractivity contribution in [2.24, 2.45) is 4.99 Å². The molecule has 3 amide bonds. The van der Waals surface area contributed by atoms with Gasteiger partial charge in [0, 0.05) is 38.4 Å². The molecule has 0 aromatic heterocycles. The van der Waals surface area contributed by atoms with Gasteiger partial charge in [-0.3, -0.25) is 14.7 Å². The number of amides is 3.